The molecule has 1 unspecified atom stereocenters. The fraction of sp³-hybridized carbons (Fsp3) is 0.500. The number of carbonyl (C=O) groups is 1. The fourth-order valence-electron chi connectivity index (χ4n) is 1.71. The van der Waals surface area contributed by atoms with Crippen molar-refractivity contribution in [1.82, 2.24) is 4.90 Å². The molecular weight excluding hydrogens is 282 g/mol. The molecule has 20 heavy (non-hydrogen) atoms. The first-order chi connectivity index (χ1) is 9.58. The van der Waals surface area contributed by atoms with Gasteiger partial charge >= 0.3 is 0 Å². The zero-order valence-electron chi connectivity index (χ0n) is 11.7. The molecule has 1 aromatic rings. The van der Waals surface area contributed by atoms with Crippen molar-refractivity contribution in [3.63, 3.8) is 0 Å². The summed E-state index contributed by atoms with van der Waals surface area (Å²) in [5.74, 6) is 0.338. The molecule has 6 heteroatoms. The Labute approximate surface area is 124 Å². The van der Waals surface area contributed by atoms with Crippen molar-refractivity contribution in [3.8, 4) is 5.75 Å². The van der Waals surface area contributed by atoms with E-state index in [0.29, 0.717) is 23.9 Å². The van der Waals surface area contributed by atoms with Gasteiger partial charge in [0.15, 0.2) is 6.10 Å². The van der Waals surface area contributed by atoms with Crippen molar-refractivity contribution in [2.24, 2.45) is 0 Å². The maximum absolute atomic E-state index is 12.2. The van der Waals surface area contributed by atoms with E-state index in [4.69, 9.17) is 26.2 Å². The van der Waals surface area contributed by atoms with E-state index in [9.17, 15) is 4.79 Å². The zero-order valence-corrected chi connectivity index (χ0v) is 12.5. The number of methoxy groups -OCH3 is 1. The molecule has 0 aliphatic heterocycles. The van der Waals surface area contributed by atoms with Crippen LogP contribution in [0.4, 0.5) is 0 Å². The normalized spacial score (nSPS) is 12.0. The van der Waals surface area contributed by atoms with Gasteiger partial charge < -0.3 is 19.5 Å². The molecule has 5 nitrogen and oxygen atoms in total. The second-order valence-electron chi connectivity index (χ2n) is 4.26. The van der Waals surface area contributed by atoms with Crippen LogP contribution in [0.3, 0.4) is 0 Å². The Morgan fingerprint density at radius 2 is 2.20 bits per heavy atom. The van der Waals surface area contributed by atoms with Gasteiger partial charge in [-0.15, -0.1) is 0 Å². The second-order valence-corrected chi connectivity index (χ2v) is 4.70. The number of carbonyl (C=O) groups excluding carboxylic acids is 1. The van der Waals surface area contributed by atoms with Gasteiger partial charge in [-0.3, -0.25) is 4.79 Å². The number of aliphatic hydroxyl groups is 1. The van der Waals surface area contributed by atoms with Crippen LogP contribution in [0.2, 0.25) is 5.02 Å². The molecule has 112 valence electrons. The zero-order chi connectivity index (χ0) is 15.0. The molecule has 0 bridgehead atoms. The summed E-state index contributed by atoms with van der Waals surface area (Å²) in [6.07, 6.45) is -0.656. The molecule has 0 aliphatic carbocycles. The third kappa shape index (κ3) is 5.36. The van der Waals surface area contributed by atoms with Gasteiger partial charge in [-0.1, -0.05) is 17.7 Å². The molecule has 1 aromatic carbocycles. The lowest BCUT2D eigenvalue weighted by atomic mass is 10.3. The number of aliphatic hydroxyl groups excluding tert-OH is 1. The molecule has 0 aromatic heterocycles. The first-order valence-corrected chi connectivity index (χ1v) is 6.77. The van der Waals surface area contributed by atoms with E-state index in [1.807, 2.05) is 0 Å². The lowest BCUT2D eigenvalue weighted by Gasteiger charge is -2.25. The van der Waals surface area contributed by atoms with Gasteiger partial charge in [-0.2, -0.15) is 0 Å². The van der Waals surface area contributed by atoms with Crippen LogP contribution in [0.15, 0.2) is 24.3 Å². The summed E-state index contributed by atoms with van der Waals surface area (Å²) in [5.41, 5.74) is 0. The highest BCUT2D eigenvalue weighted by Crippen LogP contribution is 2.18. The maximum Gasteiger partial charge on any atom is 0.263 e. The molecule has 0 saturated carbocycles. The van der Waals surface area contributed by atoms with E-state index < -0.39 is 6.10 Å². The van der Waals surface area contributed by atoms with E-state index >= 15 is 0 Å². The van der Waals surface area contributed by atoms with Gasteiger partial charge in [0.25, 0.3) is 5.91 Å². The van der Waals surface area contributed by atoms with Gasteiger partial charge in [-0.05, 0) is 25.1 Å². The Kier molecular flexibility index (Phi) is 7.36. The van der Waals surface area contributed by atoms with Crippen molar-refractivity contribution >= 4 is 17.5 Å². The van der Waals surface area contributed by atoms with Gasteiger partial charge in [-0.25, -0.2) is 0 Å². The van der Waals surface area contributed by atoms with Crippen LogP contribution >= 0.6 is 11.6 Å². The standard InChI is InChI=1S/C14H20ClNO4/c1-11(20-13-5-3-4-12(15)10-13)14(18)16(6-8-17)7-9-19-2/h3-5,10-11,17H,6-9H2,1-2H3. The quantitative estimate of drug-likeness (QED) is 0.792. The summed E-state index contributed by atoms with van der Waals surface area (Å²) < 4.78 is 10.5. The van der Waals surface area contributed by atoms with Crippen LogP contribution in [-0.2, 0) is 9.53 Å². The highest BCUT2D eigenvalue weighted by molar-refractivity contribution is 6.30. The first kappa shape index (κ1) is 16.8. The minimum Gasteiger partial charge on any atom is -0.481 e. The minimum absolute atomic E-state index is 0.0979. The summed E-state index contributed by atoms with van der Waals surface area (Å²) in [6, 6.07) is 6.88. The van der Waals surface area contributed by atoms with Crippen LogP contribution in [0.25, 0.3) is 0 Å². The van der Waals surface area contributed by atoms with Crippen LogP contribution in [0, 0.1) is 0 Å². The molecule has 0 spiro atoms. The monoisotopic (exact) mass is 301 g/mol. The van der Waals surface area contributed by atoms with Crippen molar-refractivity contribution in [1.29, 1.82) is 0 Å². The summed E-state index contributed by atoms with van der Waals surface area (Å²) in [7, 11) is 1.56. The molecule has 0 fully saturated rings. The van der Waals surface area contributed by atoms with Crippen LogP contribution < -0.4 is 4.74 Å². The average Bonchev–Trinajstić information content (AvgIpc) is 2.42. The smallest absolute Gasteiger partial charge is 0.263 e. The lowest BCUT2D eigenvalue weighted by molar-refractivity contribution is -0.139. The van der Waals surface area contributed by atoms with E-state index in [1.54, 1.807) is 38.3 Å². The summed E-state index contributed by atoms with van der Waals surface area (Å²) in [4.78, 5) is 13.7. The Morgan fingerprint density at radius 1 is 1.45 bits per heavy atom. The van der Waals surface area contributed by atoms with E-state index in [-0.39, 0.29) is 19.1 Å². The predicted octanol–water partition coefficient (Wildman–Crippen LogP) is 1.57. The molecule has 1 amide bonds. The van der Waals surface area contributed by atoms with Crippen LogP contribution in [0.1, 0.15) is 6.92 Å². The molecule has 1 N–H and O–H groups in total. The molecule has 0 aliphatic rings. The molecule has 0 radical (unpaired) electrons. The first-order valence-electron chi connectivity index (χ1n) is 6.39. The maximum atomic E-state index is 12.2. The third-order valence-corrected chi connectivity index (χ3v) is 2.94. The predicted molar refractivity (Wildman–Crippen MR) is 77.1 cm³/mol. The van der Waals surface area contributed by atoms with Crippen molar-refractivity contribution in [3.05, 3.63) is 29.3 Å². The Hall–Kier alpha value is -1.30. The number of nitrogens with zero attached hydrogens (tertiary/aromatic N) is 1. The van der Waals surface area contributed by atoms with Crippen molar-refractivity contribution in [2.75, 3.05) is 33.4 Å². The number of halogens is 1. The number of ether oxygens (including phenoxy) is 2. The Bertz CT molecular complexity index is 427. The van der Waals surface area contributed by atoms with Gasteiger partial charge in [0.05, 0.1) is 13.2 Å². The summed E-state index contributed by atoms with van der Waals surface area (Å²) in [6.45, 7) is 2.65. The molecule has 0 heterocycles. The number of hydrogen-bond donors (Lipinski definition) is 1. The van der Waals surface area contributed by atoms with Crippen LogP contribution in [0.5, 0.6) is 5.75 Å². The van der Waals surface area contributed by atoms with Gasteiger partial charge in [0, 0.05) is 25.2 Å². The number of hydrogen-bond acceptors (Lipinski definition) is 4. The molecule has 1 atom stereocenters. The Morgan fingerprint density at radius 3 is 2.80 bits per heavy atom. The van der Waals surface area contributed by atoms with Crippen molar-refractivity contribution in [2.45, 2.75) is 13.0 Å². The third-order valence-electron chi connectivity index (χ3n) is 2.70. The number of rotatable bonds is 8. The fourth-order valence-corrected chi connectivity index (χ4v) is 1.89. The number of benzene rings is 1. The second kappa shape index (κ2) is 8.79. The van der Waals surface area contributed by atoms with Crippen molar-refractivity contribution < 1.29 is 19.4 Å². The summed E-state index contributed by atoms with van der Waals surface area (Å²) >= 11 is 5.86. The largest absolute Gasteiger partial charge is 0.481 e. The number of amides is 1. The average molecular weight is 302 g/mol. The van der Waals surface area contributed by atoms with Gasteiger partial charge in [0.2, 0.25) is 0 Å². The van der Waals surface area contributed by atoms with E-state index in [2.05, 4.69) is 0 Å². The highest BCUT2D eigenvalue weighted by Gasteiger charge is 2.21. The SMILES string of the molecule is COCCN(CCO)C(=O)C(C)Oc1cccc(Cl)c1. The van der Waals surface area contributed by atoms with Gasteiger partial charge in [0.1, 0.15) is 5.75 Å². The van der Waals surface area contributed by atoms with E-state index in [1.165, 1.54) is 4.90 Å². The molecule has 1 rings (SSSR count). The highest BCUT2D eigenvalue weighted by atomic mass is 35.5. The summed E-state index contributed by atoms with van der Waals surface area (Å²) in [5, 5.41) is 9.55. The Balaban J connectivity index is 2.63. The minimum atomic E-state index is -0.656. The van der Waals surface area contributed by atoms with Crippen LogP contribution in [-0.4, -0.2) is 55.4 Å². The topological polar surface area (TPSA) is 59.0 Å². The lowest BCUT2D eigenvalue weighted by Crippen LogP contribution is -2.43. The molecular formula is C14H20ClNO4. The molecule has 0 saturated heterocycles. The van der Waals surface area contributed by atoms with E-state index in [0.717, 1.165) is 0 Å².